The number of rotatable bonds is 6. The molecule has 2 heteroatoms. The van der Waals surface area contributed by atoms with E-state index in [1.165, 1.54) is 45.1 Å². The topological polar surface area (TPSA) is 3.24 Å². The Kier molecular flexibility index (Phi) is 6.50. The van der Waals surface area contributed by atoms with Crippen molar-refractivity contribution in [1.82, 2.24) is 4.90 Å². The third-order valence-electron chi connectivity index (χ3n) is 4.98. The number of alkyl halides is 1. The Balaban J connectivity index is 2.49. The lowest BCUT2D eigenvalue weighted by molar-refractivity contribution is 0.110. The van der Waals surface area contributed by atoms with Crippen molar-refractivity contribution in [1.29, 1.82) is 0 Å². The molecule has 0 aromatic heterocycles. The summed E-state index contributed by atoms with van der Waals surface area (Å²) in [4.78, 5) is 2.64. The second-order valence-corrected chi connectivity index (χ2v) is 6.73. The summed E-state index contributed by atoms with van der Waals surface area (Å²) >= 11 is 3.73. The molecule has 1 aliphatic rings. The molecule has 0 N–H and O–H groups in total. The zero-order valence-corrected chi connectivity index (χ0v) is 13.7. The zero-order valence-electron chi connectivity index (χ0n) is 12.1. The van der Waals surface area contributed by atoms with Crippen molar-refractivity contribution >= 4 is 15.9 Å². The highest BCUT2D eigenvalue weighted by molar-refractivity contribution is 9.09. The molecule has 0 aliphatic heterocycles. The van der Waals surface area contributed by atoms with Crippen molar-refractivity contribution in [3.05, 3.63) is 0 Å². The van der Waals surface area contributed by atoms with Crippen molar-refractivity contribution in [3.63, 3.8) is 0 Å². The van der Waals surface area contributed by atoms with Gasteiger partial charge in [0.25, 0.3) is 0 Å². The Bertz CT molecular complexity index is 197. The lowest BCUT2D eigenvalue weighted by Crippen LogP contribution is -2.43. The average molecular weight is 304 g/mol. The van der Waals surface area contributed by atoms with Crippen LogP contribution in [0.3, 0.4) is 0 Å². The van der Waals surface area contributed by atoms with Gasteiger partial charge >= 0.3 is 0 Å². The summed E-state index contributed by atoms with van der Waals surface area (Å²) in [5.74, 6) is 0.956. The average Bonchev–Trinajstić information content (AvgIpc) is 2.37. The Hall–Kier alpha value is 0.440. The minimum atomic E-state index is 0.484. The van der Waals surface area contributed by atoms with Crippen molar-refractivity contribution in [2.45, 2.75) is 65.3 Å². The van der Waals surface area contributed by atoms with E-state index >= 15 is 0 Å². The van der Waals surface area contributed by atoms with Crippen LogP contribution >= 0.6 is 15.9 Å². The molecule has 0 bridgehead atoms. The smallest absolute Gasteiger partial charge is 0.01000 e. The van der Waals surface area contributed by atoms with Gasteiger partial charge in [0.1, 0.15) is 0 Å². The maximum absolute atomic E-state index is 3.73. The maximum atomic E-state index is 3.73. The van der Waals surface area contributed by atoms with Crippen molar-refractivity contribution in [2.75, 3.05) is 18.9 Å². The molecule has 0 aromatic rings. The molecule has 1 aliphatic carbocycles. The lowest BCUT2D eigenvalue weighted by Gasteiger charge is -2.40. The van der Waals surface area contributed by atoms with Crippen LogP contribution in [-0.2, 0) is 0 Å². The molecule has 0 saturated heterocycles. The second-order valence-electron chi connectivity index (χ2n) is 6.17. The Labute approximate surface area is 116 Å². The molecule has 0 spiro atoms. The summed E-state index contributed by atoms with van der Waals surface area (Å²) in [6, 6.07) is 0.836. The largest absolute Gasteiger partial charge is 0.303 e. The molecule has 0 amide bonds. The van der Waals surface area contributed by atoms with Gasteiger partial charge in [0.2, 0.25) is 0 Å². The van der Waals surface area contributed by atoms with Gasteiger partial charge in [-0.05, 0) is 56.9 Å². The minimum Gasteiger partial charge on any atom is -0.303 e. The lowest BCUT2D eigenvalue weighted by atomic mass is 9.82. The Morgan fingerprint density at radius 2 is 1.65 bits per heavy atom. The Morgan fingerprint density at radius 1 is 1.12 bits per heavy atom. The quantitative estimate of drug-likeness (QED) is 0.643. The molecule has 1 fully saturated rings. The summed E-state index contributed by atoms with van der Waals surface area (Å²) in [7, 11) is 2.34. The van der Waals surface area contributed by atoms with E-state index in [1.54, 1.807) is 0 Å². The first-order valence-electron chi connectivity index (χ1n) is 7.33. The third-order valence-corrected chi connectivity index (χ3v) is 6.17. The highest BCUT2D eigenvalue weighted by Crippen LogP contribution is 2.33. The summed E-state index contributed by atoms with van der Waals surface area (Å²) in [5, 5.41) is 1.14. The fraction of sp³-hybridized carbons (Fsp3) is 1.00. The summed E-state index contributed by atoms with van der Waals surface area (Å²) in [6.07, 6.45) is 8.22. The summed E-state index contributed by atoms with van der Waals surface area (Å²) in [5.41, 5.74) is 0.484. The standard InChI is InChI=1S/C15H30BrN/c1-5-15(6-2,11-16)12-17(4)14-9-7-13(3)8-10-14/h13-14H,5-12H2,1-4H3. The number of halogens is 1. The Morgan fingerprint density at radius 3 is 2.06 bits per heavy atom. The predicted octanol–water partition coefficient (Wildman–Crippen LogP) is 4.70. The van der Waals surface area contributed by atoms with Crippen molar-refractivity contribution in [3.8, 4) is 0 Å². The second kappa shape index (κ2) is 7.13. The van der Waals surface area contributed by atoms with Crippen LogP contribution in [0, 0.1) is 11.3 Å². The van der Waals surface area contributed by atoms with Crippen LogP contribution < -0.4 is 0 Å². The van der Waals surface area contributed by atoms with Gasteiger partial charge in [-0.2, -0.15) is 0 Å². The van der Waals surface area contributed by atoms with Crippen LogP contribution in [-0.4, -0.2) is 29.9 Å². The van der Waals surface area contributed by atoms with Crippen LogP contribution in [0.25, 0.3) is 0 Å². The van der Waals surface area contributed by atoms with Gasteiger partial charge in [-0.15, -0.1) is 0 Å². The zero-order chi connectivity index (χ0) is 12.9. The molecule has 1 rings (SSSR count). The van der Waals surface area contributed by atoms with Crippen LogP contribution in [0.15, 0.2) is 0 Å². The number of nitrogens with zero attached hydrogens (tertiary/aromatic N) is 1. The van der Waals surface area contributed by atoms with E-state index < -0.39 is 0 Å². The van der Waals surface area contributed by atoms with Gasteiger partial charge in [-0.25, -0.2) is 0 Å². The molecule has 17 heavy (non-hydrogen) atoms. The van der Waals surface area contributed by atoms with Gasteiger partial charge in [-0.3, -0.25) is 0 Å². The highest BCUT2D eigenvalue weighted by Gasteiger charge is 2.30. The fourth-order valence-corrected chi connectivity index (χ4v) is 4.02. The predicted molar refractivity (Wildman–Crippen MR) is 80.9 cm³/mol. The molecule has 102 valence electrons. The van der Waals surface area contributed by atoms with Gasteiger partial charge in [0, 0.05) is 17.9 Å². The van der Waals surface area contributed by atoms with Gasteiger partial charge in [0.05, 0.1) is 0 Å². The minimum absolute atomic E-state index is 0.484. The van der Waals surface area contributed by atoms with Crippen molar-refractivity contribution in [2.24, 2.45) is 11.3 Å². The van der Waals surface area contributed by atoms with E-state index in [-0.39, 0.29) is 0 Å². The molecule has 0 heterocycles. The van der Waals surface area contributed by atoms with E-state index in [0.29, 0.717) is 5.41 Å². The molecule has 1 nitrogen and oxygen atoms in total. The highest BCUT2D eigenvalue weighted by atomic mass is 79.9. The molecule has 0 aromatic carbocycles. The van der Waals surface area contributed by atoms with Gasteiger partial charge in [-0.1, -0.05) is 36.7 Å². The molecule has 0 radical (unpaired) electrons. The van der Waals surface area contributed by atoms with E-state index in [0.717, 1.165) is 17.3 Å². The van der Waals surface area contributed by atoms with E-state index in [4.69, 9.17) is 0 Å². The summed E-state index contributed by atoms with van der Waals surface area (Å²) in [6.45, 7) is 8.32. The van der Waals surface area contributed by atoms with Crippen LogP contribution in [0.4, 0.5) is 0 Å². The van der Waals surface area contributed by atoms with Crippen LogP contribution in [0.5, 0.6) is 0 Å². The van der Waals surface area contributed by atoms with Crippen LogP contribution in [0.2, 0.25) is 0 Å². The first-order chi connectivity index (χ1) is 8.06. The first kappa shape index (κ1) is 15.5. The first-order valence-corrected chi connectivity index (χ1v) is 8.45. The van der Waals surface area contributed by atoms with E-state index in [2.05, 4.69) is 48.6 Å². The number of hydrogen-bond donors (Lipinski definition) is 0. The van der Waals surface area contributed by atoms with E-state index in [1.807, 2.05) is 0 Å². The number of hydrogen-bond acceptors (Lipinski definition) is 1. The van der Waals surface area contributed by atoms with Crippen molar-refractivity contribution < 1.29 is 0 Å². The van der Waals surface area contributed by atoms with E-state index in [9.17, 15) is 0 Å². The molecule has 1 saturated carbocycles. The molecular formula is C15H30BrN. The molecule has 0 unspecified atom stereocenters. The van der Waals surface area contributed by atoms with Gasteiger partial charge < -0.3 is 4.90 Å². The molecule has 0 atom stereocenters. The van der Waals surface area contributed by atoms with Gasteiger partial charge in [0.15, 0.2) is 0 Å². The SMILES string of the molecule is CCC(CC)(CBr)CN(C)C1CCC(C)CC1. The summed E-state index contributed by atoms with van der Waals surface area (Å²) < 4.78 is 0. The third kappa shape index (κ3) is 4.24. The fourth-order valence-electron chi connectivity index (χ4n) is 3.05. The maximum Gasteiger partial charge on any atom is 0.01000 e. The molecular weight excluding hydrogens is 274 g/mol. The van der Waals surface area contributed by atoms with Crippen LogP contribution in [0.1, 0.15) is 59.3 Å². The monoisotopic (exact) mass is 303 g/mol. The normalized spacial score (nSPS) is 26.5.